The van der Waals surface area contributed by atoms with Gasteiger partial charge in [0, 0.05) is 36.5 Å². The molecular weight excluding hydrogens is 448 g/mol. The number of thiazole rings is 1. The van der Waals surface area contributed by atoms with E-state index in [9.17, 15) is 4.79 Å². The van der Waals surface area contributed by atoms with Gasteiger partial charge in [0.2, 0.25) is 0 Å². The number of fused-ring (bicyclic) bond motifs is 2. The molecule has 8 nitrogen and oxygen atoms in total. The van der Waals surface area contributed by atoms with Crippen molar-refractivity contribution in [2.45, 2.75) is 25.3 Å². The highest BCUT2D eigenvalue weighted by molar-refractivity contribution is 7.16. The molecule has 1 fully saturated rings. The number of ether oxygens (including phenoxy) is 1. The zero-order valence-electron chi connectivity index (χ0n) is 18.9. The fraction of sp³-hybridized carbons (Fsp3) is 0.320. The van der Waals surface area contributed by atoms with Crippen LogP contribution < -0.4 is 15.4 Å². The molecule has 0 bridgehead atoms. The third kappa shape index (κ3) is 3.70. The van der Waals surface area contributed by atoms with Crippen molar-refractivity contribution in [1.29, 1.82) is 0 Å². The van der Waals surface area contributed by atoms with Crippen LogP contribution in [0, 0.1) is 0 Å². The van der Waals surface area contributed by atoms with E-state index in [1.165, 1.54) is 6.42 Å². The van der Waals surface area contributed by atoms with Gasteiger partial charge in [0.25, 0.3) is 5.91 Å². The minimum absolute atomic E-state index is 0.0826. The highest BCUT2D eigenvalue weighted by Crippen LogP contribution is 2.41. The SMILES string of the molecule is CN1CCC[C@@H]1COc1cnccc1-c1[nH]c2c(c1Nc1cccc3scnc13)C(=O)NCC2. The number of rotatable bonds is 6. The maximum atomic E-state index is 12.9. The van der Waals surface area contributed by atoms with Gasteiger partial charge in [-0.15, -0.1) is 11.3 Å². The Morgan fingerprint density at radius 1 is 1.32 bits per heavy atom. The maximum Gasteiger partial charge on any atom is 0.255 e. The Labute approximate surface area is 201 Å². The van der Waals surface area contributed by atoms with Crippen molar-refractivity contribution < 1.29 is 9.53 Å². The zero-order chi connectivity index (χ0) is 23.1. The molecule has 3 N–H and O–H groups in total. The summed E-state index contributed by atoms with van der Waals surface area (Å²) in [5.41, 5.74) is 7.60. The molecule has 2 aliphatic rings. The molecule has 9 heteroatoms. The third-order valence-electron chi connectivity index (χ3n) is 6.74. The standard InChI is InChI=1S/C25H26N6O2S/c1-31-11-3-4-15(31)13-33-19-12-26-9-7-16(19)22-24(21-17(29-22)8-10-27-25(21)32)30-18-5-2-6-20-23(18)28-14-34-20/h2,5-7,9,12,14-15,29-30H,3-4,8,10-11,13H2,1H3,(H,27,32)/t15-/m1/s1. The number of amides is 1. The number of carbonyl (C=O) groups is 1. The number of likely N-dealkylation sites (tertiary alicyclic amines) is 1. The van der Waals surface area contributed by atoms with E-state index in [2.05, 4.69) is 37.5 Å². The Kier molecular flexibility index (Phi) is 5.43. The third-order valence-corrected chi connectivity index (χ3v) is 7.54. The van der Waals surface area contributed by atoms with Crippen molar-refractivity contribution in [3.63, 3.8) is 0 Å². The van der Waals surface area contributed by atoms with E-state index in [1.807, 2.05) is 29.8 Å². The highest BCUT2D eigenvalue weighted by atomic mass is 32.1. The zero-order valence-corrected chi connectivity index (χ0v) is 19.7. The average molecular weight is 475 g/mol. The first-order valence-corrected chi connectivity index (χ1v) is 12.5. The van der Waals surface area contributed by atoms with Gasteiger partial charge < -0.3 is 25.3 Å². The van der Waals surface area contributed by atoms with Crippen LogP contribution in [0.2, 0.25) is 0 Å². The summed E-state index contributed by atoms with van der Waals surface area (Å²) < 4.78 is 7.40. The number of pyridine rings is 1. The molecule has 0 saturated carbocycles. The Morgan fingerprint density at radius 2 is 2.26 bits per heavy atom. The topological polar surface area (TPSA) is 95.2 Å². The van der Waals surface area contributed by atoms with Crippen LogP contribution in [0.15, 0.2) is 42.2 Å². The van der Waals surface area contributed by atoms with Crippen LogP contribution in [0.4, 0.5) is 11.4 Å². The van der Waals surface area contributed by atoms with Gasteiger partial charge in [-0.3, -0.25) is 9.78 Å². The minimum atomic E-state index is -0.0826. The van der Waals surface area contributed by atoms with Gasteiger partial charge in [-0.1, -0.05) is 6.07 Å². The lowest BCUT2D eigenvalue weighted by Crippen LogP contribution is -2.31. The fourth-order valence-electron chi connectivity index (χ4n) is 4.91. The Balaban J connectivity index is 1.42. The van der Waals surface area contributed by atoms with E-state index < -0.39 is 0 Å². The Bertz CT molecular complexity index is 1360. The van der Waals surface area contributed by atoms with E-state index in [0.717, 1.165) is 57.9 Å². The number of para-hydroxylation sites is 1. The molecular formula is C25H26N6O2S. The molecule has 174 valence electrons. The van der Waals surface area contributed by atoms with Crippen molar-refractivity contribution in [3.05, 3.63) is 53.4 Å². The first-order valence-electron chi connectivity index (χ1n) is 11.6. The lowest BCUT2D eigenvalue weighted by molar-refractivity contribution is 0.0947. The quantitative estimate of drug-likeness (QED) is 0.388. The van der Waals surface area contributed by atoms with E-state index in [1.54, 1.807) is 23.7 Å². The summed E-state index contributed by atoms with van der Waals surface area (Å²) in [7, 11) is 2.14. The first-order chi connectivity index (χ1) is 16.7. The molecule has 34 heavy (non-hydrogen) atoms. The van der Waals surface area contributed by atoms with Crippen molar-refractivity contribution in [2.24, 2.45) is 0 Å². The monoisotopic (exact) mass is 474 g/mol. The Morgan fingerprint density at radius 3 is 3.15 bits per heavy atom. The number of nitrogens with one attached hydrogen (secondary N) is 3. The number of hydrogen-bond acceptors (Lipinski definition) is 7. The molecule has 0 radical (unpaired) electrons. The second kappa shape index (κ2) is 8.73. The summed E-state index contributed by atoms with van der Waals surface area (Å²) >= 11 is 1.59. The molecule has 3 aromatic heterocycles. The number of H-pyrrole nitrogens is 1. The van der Waals surface area contributed by atoms with Crippen LogP contribution in [0.25, 0.3) is 21.5 Å². The lowest BCUT2D eigenvalue weighted by Gasteiger charge is -2.20. The number of benzene rings is 1. The average Bonchev–Trinajstić information content (AvgIpc) is 3.58. The van der Waals surface area contributed by atoms with Crippen LogP contribution in [-0.4, -0.2) is 58.5 Å². The number of hydrogen-bond donors (Lipinski definition) is 3. The summed E-state index contributed by atoms with van der Waals surface area (Å²) in [6.45, 7) is 2.32. The molecule has 1 saturated heterocycles. The maximum absolute atomic E-state index is 12.9. The molecule has 1 atom stereocenters. The van der Waals surface area contributed by atoms with Crippen molar-refractivity contribution >= 4 is 38.8 Å². The van der Waals surface area contributed by atoms with Crippen molar-refractivity contribution in [3.8, 4) is 17.0 Å². The minimum Gasteiger partial charge on any atom is -0.490 e. The molecule has 1 aromatic carbocycles. The van der Waals surface area contributed by atoms with Crippen molar-refractivity contribution in [1.82, 2.24) is 25.2 Å². The molecule has 0 unspecified atom stereocenters. The van der Waals surface area contributed by atoms with Gasteiger partial charge in [0.05, 0.1) is 39.0 Å². The smallest absolute Gasteiger partial charge is 0.255 e. The largest absolute Gasteiger partial charge is 0.490 e. The van der Waals surface area contributed by atoms with Gasteiger partial charge in [-0.05, 0) is 44.6 Å². The number of carbonyl (C=O) groups excluding carboxylic acids is 1. The molecule has 4 aromatic rings. The van der Waals surface area contributed by atoms with E-state index in [0.29, 0.717) is 30.5 Å². The summed E-state index contributed by atoms with van der Waals surface area (Å²) in [5.74, 6) is 0.623. The highest BCUT2D eigenvalue weighted by Gasteiger charge is 2.29. The van der Waals surface area contributed by atoms with Crippen molar-refractivity contribution in [2.75, 3.05) is 32.1 Å². The summed E-state index contributed by atoms with van der Waals surface area (Å²) in [4.78, 5) is 27.7. The van der Waals surface area contributed by atoms with Crippen LogP contribution in [-0.2, 0) is 6.42 Å². The van der Waals surface area contributed by atoms with E-state index in [-0.39, 0.29) is 5.91 Å². The van der Waals surface area contributed by atoms with Crippen LogP contribution in [0.1, 0.15) is 28.9 Å². The predicted molar refractivity (Wildman–Crippen MR) is 134 cm³/mol. The first kappa shape index (κ1) is 21.1. The predicted octanol–water partition coefficient (Wildman–Crippen LogP) is 4.19. The molecule has 2 aliphatic heterocycles. The molecule has 0 aliphatic carbocycles. The lowest BCUT2D eigenvalue weighted by atomic mass is 10.0. The number of aromatic nitrogens is 3. The molecule has 5 heterocycles. The van der Waals surface area contributed by atoms with Crippen LogP contribution in [0.3, 0.4) is 0 Å². The van der Waals surface area contributed by atoms with Crippen LogP contribution in [0.5, 0.6) is 5.75 Å². The van der Waals surface area contributed by atoms with E-state index in [4.69, 9.17) is 4.74 Å². The molecule has 6 rings (SSSR count). The van der Waals surface area contributed by atoms with Gasteiger partial charge in [-0.25, -0.2) is 4.98 Å². The molecule has 0 spiro atoms. The normalized spacial score (nSPS) is 18.1. The van der Waals surface area contributed by atoms with Gasteiger partial charge >= 0.3 is 0 Å². The van der Waals surface area contributed by atoms with Crippen LogP contribution >= 0.6 is 11.3 Å². The van der Waals surface area contributed by atoms with Gasteiger partial charge in [-0.2, -0.15) is 0 Å². The molecule has 1 amide bonds. The number of anilines is 2. The number of nitrogens with zero attached hydrogens (tertiary/aromatic N) is 3. The second-order valence-corrected chi connectivity index (χ2v) is 9.71. The summed E-state index contributed by atoms with van der Waals surface area (Å²) in [6, 6.07) is 8.38. The second-order valence-electron chi connectivity index (χ2n) is 8.82. The van der Waals surface area contributed by atoms with Gasteiger partial charge in [0.15, 0.2) is 0 Å². The summed E-state index contributed by atoms with van der Waals surface area (Å²) in [5, 5.41) is 6.52. The fourth-order valence-corrected chi connectivity index (χ4v) is 5.61. The number of likely N-dealkylation sites (N-methyl/N-ethyl adjacent to an activating group) is 1. The summed E-state index contributed by atoms with van der Waals surface area (Å²) in [6.07, 6.45) is 6.58. The van der Waals surface area contributed by atoms with Gasteiger partial charge in [0.1, 0.15) is 17.9 Å². The number of aromatic amines is 1. The van der Waals surface area contributed by atoms with E-state index >= 15 is 0 Å². The Hall–Kier alpha value is -3.43.